The molecule has 1 aliphatic heterocycles. The zero-order chi connectivity index (χ0) is 20.2. The number of benzene rings is 1. The number of nitrogens with zero attached hydrogens (tertiary/aromatic N) is 3. The lowest BCUT2D eigenvalue weighted by Crippen LogP contribution is -2.40. The van der Waals surface area contributed by atoms with Crippen molar-refractivity contribution in [1.29, 1.82) is 0 Å². The molecule has 28 heavy (non-hydrogen) atoms. The quantitative estimate of drug-likeness (QED) is 0.465. The molecule has 1 atom stereocenters. The largest absolute Gasteiger partial charge is 0.492 e. The zero-order valence-corrected chi connectivity index (χ0v) is 18.1. The van der Waals surface area contributed by atoms with E-state index in [0.29, 0.717) is 12.5 Å². The van der Waals surface area contributed by atoms with Gasteiger partial charge in [0.05, 0.1) is 13.2 Å². The lowest BCUT2D eigenvalue weighted by Gasteiger charge is -2.21. The van der Waals surface area contributed by atoms with Crippen LogP contribution in [0.15, 0.2) is 29.3 Å². The summed E-state index contributed by atoms with van der Waals surface area (Å²) < 4.78 is 11.2. The number of nitrogens with one attached hydrogen (secondary N) is 1. The van der Waals surface area contributed by atoms with Crippen LogP contribution in [0.2, 0.25) is 0 Å². The highest BCUT2D eigenvalue weighted by Crippen LogP contribution is 2.17. The summed E-state index contributed by atoms with van der Waals surface area (Å²) in [6, 6.07) is 8.31. The minimum absolute atomic E-state index is 0.599. The molecule has 158 valence electrons. The van der Waals surface area contributed by atoms with Gasteiger partial charge in [0, 0.05) is 39.2 Å². The van der Waals surface area contributed by atoms with Gasteiger partial charge in [-0.3, -0.25) is 0 Å². The van der Waals surface area contributed by atoms with E-state index in [9.17, 15) is 0 Å². The first-order valence-corrected chi connectivity index (χ1v) is 10.7. The van der Waals surface area contributed by atoms with Crippen LogP contribution in [0.1, 0.15) is 32.8 Å². The third-order valence-corrected chi connectivity index (χ3v) is 5.23. The van der Waals surface area contributed by atoms with Gasteiger partial charge in [-0.1, -0.05) is 26.0 Å². The standard InChI is InChI=1S/C22H38N4O2/c1-5-23-22(26-13-12-20(17-26)18-27-4)24-16-19-8-10-21(11-9-19)28-15-14-25(6-2)7-3/h8-11,20H,5-7,12-18H2,1-4H3,(H,23,24). The van der Waals surface area contributed by atoms with E-state index in [-0.39, 0.29) is 0 Å². The maximum atomic E-state index is 5.87. The van der Waals surface area contributed by atoms with Crippen molar-refractivity contribution >= 4 is 5.96 Å². The number of methoxy groups -OCH3 is 1. The van der Waals surface area contributed by atoms with Gasteiger partial charge in [-0.05, 0) is 44.1 Å². The summed E-state index contributed by atoms with van der Waals surface area (Å²) in [7, 11) is 1.78. The average molecular weight is 391 g/mol. The molecule has 1 heterocycles. The molecule has 0 aromatic heterocycles. The van der Waals surface area contributed by atoms with Gasteiger partial charge in [-0.2, -0.15) is 0 Å². The van der Waals surface area contributed by atoms with Crippen molar-refractivity contribution in [2.75, 3.05) is 59.6 Å². The summed E-state index contributed by atoms with van der Waals surface area (Å²) in [5, 5.41) is 3.42. The van der Waals surface area contributed by atoms with Crippen molar-refractivity contribution in [3.05, 3.63) is 29.8 Å². The van der Waals surface area contributed by atoms with Gasteiger partial charge in [0.2, 0.25) is 0 Å². The molecule has 1 aromatic carbocycles. The van der Waals surface area contributed by atoms with E-state index in [0.717, 1.165) is 70.6 Å². The molecule has 1 saturated heterocycles. The maximum absolute atomic E-state index is 5.87. The minimum atomic E-state index is 0.599. The number of likely N-dealkylation sites (tertiary alicyclic amines) is 1. The normalized spacial score (nSPS) is 17.4. The Bertz CT molecular complexity index is 572. The molecular weight excluding hydrogens is 352 g/mol. The number of rotatable bonds is 11. The van der Waals surface area contributed by atoms with E-state index >= 15 is 0 Å². The number of aliphatic imine (C=N–C) groups is 1. The molecule has 0 amide bonds. The van der Waals surface area contributed by atoms with Gasteiger partial charge >= 0.3 is 0 Å². The summed E-state index contributed by atoms with van der Waals surface area (Å²) >= 11 is 0. The summed E-state index contributed by atoms with van der Waals surface area (Å²) in [5.74, 6) is 2.52. The Kier molecular flexibility index (Phi) is 10.1. The fraction of sp³-hybridized carbons (Fsp3) is 0.682. The number of hydrogen-bond donors (Lipinski definition) is 1. The molecule has 0 spiro atoms. The smallest absolute Gasteiger partial charge is 0.194 e. The van der Waals surface area contributed by atoms with Crippen LogP contribution >= 0.6 is 0 Å². The molecular formula is C22H38N4O2. The second-order valence-corrected chi connectivity index (χ2v) is 7.25. The predicted molar refractivity (Wildman–Crippen MR) is 116 cm³/mol. The third-order valence-electron chi connectivity index (χ3n) is 5.23. The lowest BCUT2D eigenvalue weighted by molar-refractivity contribution is 0.157. The molecule has 1 unspecified atom stereocenters. The minimum Gasteiger partial charge on any atom is -0.492 e. The first kappa shape index (κ1) is 22.5. The fourth-order valence-electron chi connectivity index (χ4n) is 3.51. The molecule has 0 bridgehead atoms. The van der Waals surface area contributed by atoms with Gasteiger partial charge in [0.25, 0.3) is 0 Å². The molecule has 0 saturated carbocycles. The molecule has 0 aliphatic carbocycles. The van der Waals surface area contributed by atoms with E-state index in [4.69, 9.17) is 14.5 Å². The molecule has 6 nitrogen and oxygen atoms in total. The highest BCUT2D eigenvalue weighted by Gasteiger charge is 2.24. The average Bonchev–Trinajstić information content (AvgIpc) is 3.18. The van der Waals surface area contributed by atoms with Crippen LogP contribution in [0.3, 0.4) is 0 Å². The van der Waals surface area contributed by atoms with Gasteiger partial charge in [-0.15, -0.1) is 0 Å². The molecule has 1 aromatic rings. The van der Waals surface area contributed by atoms with Gasteiger partial charge in [0.1, 0.15) is 12.4 Å². The fourth-order valence-corrected chi connectivity index (χ4v) is 3.51. The number of likely N-dealkylation sites (N-methyl/N-ethyl adjacent to an activating group) is 1. The Morgan fingerprint density at radius 1 is 1.21 bits per heavy atom. The van der Waals surface area contributed by atoms with E-state index in [1.807, 2.05) is 12.1 Å². The third kappa shape index (κ3) is 7.32. The predicted octanol–water partition coefficient (Wildman–Crippen LogP) is 2.84. The van der Waals surface area contributed by atoms with Crippen molar-refractivity contribution in [2.45, 2.75) is 33.7 Å². The van der Waals surface area contributed by atoms with Crippen molar-refractivity contribution in [3.8, 4) is 5.75 Å². The Hall–Kier alpha value is -1.79. The van der Waals surface area contributed by atoms with Crippen molar-refractivity contribution in [3.63, 3.8) is 0 Å². The zero-order valence-electron chi connectivity index (χ0n) is 18.1. The maximum Gasteiger partial charge on any atom is 0.194 e. The van der Waals surface area contributed by atoms with E-state index < -0.39 is 0 Å². The summed E-state index contributed by atoms with van der Waals surface area (Å²) in [6.07, 6.45) is 1.16. The summed E-state index contributed by atoms with van der Waals surface area (Å²) in [6.45, 7) is 14.7. The highest BCUT2D eigenvalue weighted by molar-refractivity contribution is 5.80. The highest BCUT2D eigenvalue weighted by atomic mass is 16.5. The van der Waals surface area contributed by atoms with E-state index in [1.54, 1.807) is 7.11 Å². The summed E-state index contributed by atoms with van der Waals surface area (Å²) in [5.41, 5.74) is 1.19. The van der Waals surface area contributed by atoms with Crippen LogP contribution in [-0.4, -0.2) is 75.4 Å². The second kappa shape index (κ2) is 12.6. The van der Waals surface area contributed by atoms with Crippen LogP contribution in [0.25, 0.3) is 0 Å². The van der Waals surface area contributed by atoms with Crippen LogP contribution < -0.4 is 10.1 Å². The van der Waals surface area contributed by atoms with Crippen molar-refractivity contribution in [1.82, 2.24) is 15.1 Å². The van der Waals surface area contributed by atoms with Crippen LogP contribution in [0.5, 0.6) is 5.75 Å². The molecule has 1 aliphatic rings. The molecule has 0 radical (unpaired) electrons. The van der Waals surface area contributed by atoms with Crippen molar-refractivity contribution in [2.24, 2.45) is 10.9 Å². The first-order chi connectivity index (χ1) is 13.7. The Morgan fingerprint density at radius 2 is 1.96 bits per heavy atom. The van der Waals surface area contributed by atoms with Crippen LogP contribution in [0.4, 0.5) is 0 Å². The van der Waals surface area contributed by atoms with E-state index in [2.05, 4.69) is 48.0 Å². The molecule has 1 fully saturated rings. The Labute approximate surface area is 170 Å². The van der Waals surface area contributed by atoms with Crippen LogP contribution in [0, 0.1) is 5.92 Å². The summed E-state index contributed by atoms with van der Waals surface area (Å²) in [4.78, 5) is 9.55. The SMILES string of the molecule is CCNC(=NCc1ccc(OCCN(CC)CC)cc1)N1CCC(COC)C1. The molecule has 6 heteroatoms. The van der Waals surface area contributed by atoms with Crippen LogP contribution in [-0.2, 0) is 11.3 Å². The van der Waals surface area contributed by atoms with Gasteiger partial charge in [0.15, 0.2) is 5.96 Å². The Balaban J connectivity index is 1.85. The molecule has 2 rings (SSSR count). The number of guanidine groups is 1. The number of hydrogen-bond acceptors (Lipinski definition) is 4. The Morgan fingerprint density at radius 3 is 2.61 bits per heavy atom. The van der Waals surface area contributed by atoms with Gasteiger partial charge in [-0.25, -0.2) is 4.99 Å². The molecule has 1 N–H and O–H groups in total. The van der Waals surface area contributed by atoms with Crippen molar-refractivity contribution < 1.29 is 9.47 Å². The monoisotopic (exact) mass is 390 g/mol. The lowest BCUT2D eigenvalue weighted by atomic mass is 10.1. The van der Waals surface area contributed by atoms with Gasteiger partial charge < -0.3 is 24.6 Å². The topological polar surface area (TPSA) is 49.3 Å². The second-order valence-electron chi connectivity index (χ2n) is 7.25. The van der Waals surface area contributed by atoms with E-state index in [1.165, 1.54) is 5.56 Å². The first-order valence-electron chi connectivity index (χ1n) is 10.7. The number of ether oxygens (including phenoxy) is 2.